The van der Waals surface area contributed by atoms with Gasteiger partial charge >= 0.3 is 5.69 Å². The Hall–Kier alpha value is -1.00. The summed E-state index contributed by atoms with van der Waals surface area (Å²) in [4.78, 5) is 23.3. The first-order chi connectivity index (χ1) is 12.7. The highest BCUT2D eigenvalue weighted by atomic mass is 127. The van der Waals surface area contributed by atoms with Gasteiger partial charge in [-0.2, -0.15) is 4.98 Å². The van der Waals surface area contributed by atoms with Crippen molar-refractivity contribution in [3.63, 3.8) is 0 Å². The van der Waals surface area contributed by atoms with E-state index in [1.165, 1.54) is 4.57 Å². The van der Waals surface area contributed by atoms with Gasteiger partial charge in [0.25, 0.3) is 0 Å². The van der Waals surface area contributed by atoms with Crippen LogP contribution in [0, 0.1) is 15.4 Å². The zero-order chi connectivity index (χ0) is 20.1. The van der Waals surface area contributed by atoms with E-state index in [1.807, 2.05) is 6.92 Å². The first-order valence-electron chi connectivity index (χ1n) is 9.61. The van der Waals surface area contributed by atoms with Crippen LogP contribution < -0.4 is 5.69 Å². The number of nitrogens with zero attached hydrogens (tertiary/aromatic N) is 4. The van der Waals surface area contributed by atoms with E-state index in [2.05, 4.69) is 65.2 Å². The third kappa shape index (κ3) is 6.25. The standard InChI is InChI=1S/C19H31IN4O3/c1-6-16-15(25)7-17(27-16)24-10-14(20)18(22-19(24)26)21-11-23(8-12(2)3)9-13(4)5/h10-13,15-17,25H,6-9H2,1-5H3. The first-order valence-corrected chi connectivity index (χ1v) is 10.7. The Morgan fingerprint density at radius 2 is 2.04 bits per heavy atom. The molecule has 1 fully saturated rings. The summed E-state index contributed by atoms with van der Waals surface area (Å²) in [6.45, 7) is 12.4. The molecule has 1 aliphatic rings. The second-order valence-corrected chi connectivity index (χ2v) is 9.09. The van der Waals surface area contributed by atoms with Crippen LogP contribution in [0.3, 0.4) is 0 Å². The molecule has 2 heterocycles. The lowest BCUT2D eigenvalue weighted by Gasteiger charge is -2.23. The van der Waals surface area contributed by atoms with Crippen molar-refractivity contribution in [2.75, 3.05) is 13.1 Å². The molecule has 3 atom stereocenters. The van der Waals surface area contributed by atoms with Gasteiger partial charge in [0.2, 0.25) is 0 Å². The van der Waals surface area contributed by atoms with Crippen LogP contribution in [-0.4, -0.2) is 51.2 Å². The smallest absolute Gasteiger partial charge is 0.351 e. The predicted molar refractivity (Wildman–Crippen MR) is 115 cm³/mol. The zero-order valence-electron chi connectivity index (χ0n) is 16.8. The summed E-state index contributed by atoms with van der Waals surface area (Å²) in [6, 6.07) is 0. The number of ether oxygens (including phenoxy) is 1. The number of hydrogen-bond donors (Lipinski definition) is 1. The zero-order valence-corrected chi connectivity index (χ0v) is 19.0. The summed E-state index contributed by atoms with van der Waals surface area (Å²) in [7, 11) is 0. The number of aromatic nitrogens is 2. The third-order valence-electron chi connectivity index (χ3n) is 4.35. The van der Waals surface area contributed by atoms with Gasteiger partial charge in [-0.3, -0.25) is 4.57 Å². The third-order valence-corrected chi connectivity index (χ3v) is 5.11. The largest absolute Gasteiger partial charge is 0.390 e. The van der Waals surface area contributed by atoms with Crippen molar-refractivity contribution in [3.8, 4) is 0 Å². The van der Waals surface area contributed by atoms with Gasteiger partial charge in [0.05, 0.1) is 22.1 Å². The average molecular weight is 490 g/mol. The Morgan fingerprint density at radius 1 is 1.41 bits per heavy atom. The van der Waals surface area contributed by atoms with E-state index < -0.39 is 18.0 Å². The second-order valence-electron chi connectivity index (χ2n) is 7.93. The van der Waals surface area contributed by atoms with Gasteiger partial charge in [0.1, 0.15) is 6.23 Å². The molecule has 0 amide bonds. The van der Waals surface area contributed by atoms with E-state index in [-0.39, 0.29) is 6.10 Å². The van der Waals surface area contributed by atoms with Crippen LogP contribution >= 0.6 is 22.6 Å². The van der Waals surface area contributed by atoms with Crippen LogP contribution in [0.5, 0.6) is 0 Å². The minimum absolute atomic E-state index is 0.238. The summed E-state index contributed by atoms with van der Waals surface area (Å²) in [5.74, 6) is 1.46. The van der Waals surface area contributed by atoms with Gasteiger partial charge in [-0.05, 0) is 40.8 Å². The molecule has 1 N–H and O–H groups in total. The fourth-order valence-corrected chi connectivity index (χ4v) is 3.79. The topological polar surface area (TPSA) is 80.0 Å². The van der Waals surface area contributed by atoms with Crippen molar-refractivity contribution in [2.24, 2.45) is 16.8 Å². The molecule has 7 nitrogen and oxygen atoms in total. The first kappa shape index (κ1) is 22.3. The van der Waals surface area contributed by atoms with E-state index in [0.29, 0.717) is 30.5 Å². The average Bonchev–Trinajstić information content (AvgIpc) is 2.94. The molecule has 0 aromatic carbocycles. The lowest BCUT2D eigenvalue weighted by atomic mass is 10.1. The van der Waals surface area contributed by atoms with Crippen LogP contribution in [0.25, 0.3) is 0 Å². The van der Waals surface area contributed by atoms with Crippen molar-refractivity contribution < 1.29 is 9.84 Å². The Kier molecular flexibility index (Phi) is 8.23. The molecular weight excluding hydrogens is 459 g/mol. The molecule has 0 radical (unpaired) electrons. The van der Waals surface area contributed by atoms with Crippen LogP contribution in [0.4, 0.5) is 5.82 Å². The maximum absolute atomic E-state index is 12.5. The van der Waals surface area contributed by atoms with E-state index in [9.17, 15) is 9.90 Å². The molecule has 2 rings (SSSR count). The Morgan fingerprint density at radius 3 is 2.56 bits per heavy atom. The Balaban J connectivity index is 2.19. The molecule has 0 aliphatic carbocycles. The molecule has 152 valence electrons. The molecule has 3 unspecified atom stereocenters. The van der Waals surface area contributed by atoms with E-state index in [0.717, 1.165) is 16.7 Å². The van der Waals surface area contributed by atoms with E-state index >= 15 is 0 Å². The van der Waals surface area contributed by atoms with Gasteiger partial charge in [0.15, 0.2) is 5.82 Å². The lowest BCUT2D eigenvalue weighted by molar-refractivity contribution is -0.0217. The van der Waals surface area contributed by atoms with Gasteiger partial charge in [-0.15, -0.1) is 0 Å². The maximum atomic E-state index is 12.5. The summed E-state index contributed by atoms with van der Waals surface area (Å²) in [6.07, 6.45) is 3.34. The highest BCUT2D eigenvalue weighted by Gasteiger charge is 2.34. The molecule has 1 aromatic rings. The summed E-state index contributed by atoms with van der Waals surface area (Å²) in [5, 5.41) is 10.0. The number of halogens is 1. The fraction of sp³-hybridized carbons (Fsp3) is 0.737. The summed E-state index contributed by atoms with van der Waals surface area (Å²) >= 11 is 2.13. The lowest BCUT2D eigenvalue weighted by Crippen LogP contribution is -2.30. The van der Waals surface area contributed by atoms with E-state index in [1.54, 1.807) is 12.5 Å². The van der Waals surface area contributed by atoms with Gasteiger partial charge < -0.3 is 14.7 Å². The quantitative estimate of drug-likeness (QED) is 0.344. The van der Waals surface area contributed by atoms with Crippen LogP contribution in [-0.2, 0) is 4.74 Å². The number of aliphatic imine (C=N–C) groups is 1. The summed E-state index contributed by atoms with van der Waals surface area (Å²) in [5.41, 5.74) is -0.407. The van der Waals surface area contributed by atoms with Gasteiger partial charge in [0, 0.05) is 25.7 Å². The minimum Gasteiger partial charge on any atom is -0.390 e. The highest BCUT2D eigenvalue weighted by molar-refractivity contribution is 14.1. The van der Waals surface area contributed by atoms with Gasteiger partial charge in [-0.25, -0.2) is 9.79 Å². The normalized spacial score (nSPS) is 23.1. The maximum Gasteiger partial charge on any atom is 0.351 e. The molecular formula is C19H31IN4O3. The molecule has 1 saturated heterocycles. The minimum atomic E-state index is -0.553. The van der Waals surface area contributed by atoms with Crippen LogP contribution in [0.15, 0.2) is 16.0 Å². The van der Waals surface area contributed by atoms with Crippen LogP contribution in [0.1, 0.15) is 53.7 Å². The Labute approximate surface area is 175 Å². The van der Waals surface area contributed by atoms with Crippen LogP contribution in [0.2, 0.25) is 0 Å². The predicted octanol–water partition coefficient (Wildman–Crippen LogP) is 3.18. The van der Waals surface area contributed by atoms with Crippen molar-refractivity contribution >= 4 is 34.7 Å². The molecule has 0 spiro atoms. The second kappa shape index (κ2) is 9.97. The number of aliphatic hydroxyl groups excluding tert-OH is 1. The van der Waals surface area contributed by atoms with E-state index in [4.69, 9.17) is 4.74 Å². The van der Waals surface area contributed by atoms with Crippen molar-refractivity contribution in [3.05, 3.63) is 20.3 Å². The number of hydrogen-bond acceptors (Lipinski definition) is 5. The fourth-order valence-electron chi connectivity index (χ4n) is 3.23. The highest BCUT2D eigenvalue weighted by Crippen LogP contribution is 2.30. The molecule has 27 heavy (non-hydrogen) atoms. The number of rotatable bonds is 8. The molecule has 0 bridgehead atoms. The molecule has 1 aromatic heterocycles. The van der Waals surface area contributed by atoms with Crippen molar-refractivity contribution in [2.45, 2.75) is 65.9 Å². The van der Waals surface area contributed by atoms with Gasteiger partial charge in [-0.1, -0.05) is 34.6 Å². The van der Waals surface area contributed by atoms with Crippen molar-refractivity contribution in [1.82, 2.24) is 14.5 Å². The SMILES string of the molecule is CCC1OC(n2cc(I)c(N=CN(CC(C)C)CC(C)C)nc2=O)CC1O. The van der Waals surface area contributed by atoms with Crippen molar-refractivity contribution in [1.29, 1.82) is 0 Å². The molecule has 8 heteroatoms. The molecule has 1 aliphatic heterocycles. The summed E-state index contributed by atoms with van der Waals surface area (Å²) < 4.78 is 8.02. The number of aliphatic hydroxyl groups is 1. The Bertz CT molecular complexity index is 695. The monoisotopic (exact) mass is 490 g/mol. The molecule has 0 saturated carbocycles.